The molecule has 2 N–H and O–H groups in total. The van der Waals surface area contributed by atoms with Crippen molar-refractivity contribution in [3.63, 3.8) is 0 Å². The number of sulfonamides is 1. The number of guanidine groups is 1. The number of aliphatic imine (C=N–C) groups is 1. The van der Waals surface area contributed by atoms with Crippen LogP contribution in [0.4, 0.5) is 0 Å². The molecule has 6 nitrogen and oxygen atoms in total. The van der Waals surface area contributed by atoms with Crippen molar-refractivity contribution in [2.75, 3.05) is 39.5 Å². The topological polar surface area (TPSA) is 73.8 Å². The van der Waals surface area contributed by atoms with Crippen molar-refractivity contribution >= 4 is 40.0 Å². The van der Waals surface area contributed by atoms with E-state index in [1.54, 1.807) is 14.0 Å². The van der Waals surface area contributed by atoms with E-state index in [9.17, 15) is 8.42 Å². The summed E-state index contributed by atoms with van der Waals surface area (Å²) in [5.74, 6) is 0.890. The van der Waals surface area contributed by atoms with Gasteiger partial charge < -0.3 is 10.2 Å². The second kappa shape index (κ2) is 14.3. The van der Waals surface area contributed by atoms with Crippen molar-refractivity contribution in [3.8, 4) is 0 Å². The van der Waals surface area contributed by atoms with Crippen LogP contribution in [-0.2, 0) is 10.0 Å². The first-order valence-electron chi connectivity index (χ1n) is 7.46. The van der Waals surface area contributed by atoms with Gasteiger partial charge in [0.15, 0.2) is 5.96 Å². The summed E-state index contributed by atoms with van der Waals surface area (Å²) in [7, 11) is 0.595. The Kier molecular flexibility index (Phi) is 15.5. The Morgan fingerprint density at radius 2 is 1.95 bits per heavy atom. The summed E-state index contributed by atoms with van der Waals surface area (Å²) in [6.07, 6.45) is 6.45. The van der Waals surface area contributed by atoms with E-state index >= 15 is 0 Å². The number of nitrogens with one attached hydrogen (secondary N) is 2. The molecule has 0 heterocycles. The molecule has 0 amide bonds. The van der Waals surface area contributed by atoms with E-state index in [-0.39, 0.29) is 29.7 Å². The number of allylic oxidation sites excluding steroid dienone is 1. The molecule has 0 aromatic carbocycles. The maximum Gasteiger partial charge on any atom is 0.211 e. The second-order valence-electron chi connectivity index (χ2n) is 4.83. The summed E-state index contributed by atoms with van der Waals surface area (Å²) >= 11 is 0. The van der Waals surface area contributed by atoms with Crippen molar-refractivity contribution < 1.29 is 8.42 Å². The molecule has 0 saturated heterocycles. The molecule has 0 bridgehead atoms. The number of rotatable bonds is 11. The molecule has 0 aliphatic rings. The summed E-state index contributed by atoms with van der Waals surface area (Å²) in [5.41, 5.74) is 0. The lowest BCUT2D eigenvalue weighted by atomic mass is 10.2. The Balaban J connectivity index is 0. The van der Waals surface area contributed by atoms with Crippen LogP contribution in [0.25, 0.3) is 0 Å². The standard InChI is InChI=1S/C14H30N4O2S.HI/c1-5-7-8-9-10-13-18(4)14(15-3)16-11-12-17-21(19,20)6-2;/h5,17H,1,6-13H2,2-4H3,(H,15,16);1H. The van der Waals surface area contributed by atoms with Crippen LogP contribution in [0.2, 0.25) is 0 Å². The average Bonchev–Trinajstić information content (AvgIpc) is 2.47. The molecule has 132 valence electrons. The zero-order valence-corrected chi connectivity index (χ0v) is 17.1. The predicted molar refractivity (Wildman–Crippen MR) is 106 cm³/mol. The molecule has 0 fully saturated rings. The largest absolute Gasteiger partial charge is 0.355 e. The minimum absolute atomic E-state index is 0. The van der Waals surface area contributed by atoms with Gasteiger partial charge >= 0.3 is 0 Å². The Morgan fingerprint density at radius 1 is 1.27 bits per heavy atom. The minimum Gasteiger partial charge on any atom is -0.355 e. The molecular formula is C14H31IN4O2S. The quantitative estimate of drug-likeness (QED) is 0.167. The van der Waals surface area contributed by atoms with E-state index in [1.165, 1.54) is 12.8 Å². The molecule has 22 heavy (non-hydrogen) atoms. The minimum atomic E-state index is -3.12. The van der Waals surface area contributed by atoms with E-state index < -0.39 is 10.0 Å². The van der Waals surface area contributed by atoms with Crippen LogP contribution in [-0.4, -0.2) is 58.8 Å². The van der Waals surface area contributed by atoms with Crippen molar-refractivity contribution in [3.05, 3.63) is 12.7 Å². The van der Waals surface area contributed by atoms with E-state index in [0.717, 1.165) is 25.3 Å². The summed E-state index contributed by atoms with van der Waals surface area (Å²) in [4.78, 5) is 6.25. The molecule has 0 aliphatic heterocycles. The first-order chi connectivity index (χ1) is 9.96. The van der Waals surface area contributed by atoms with E-state index in [4.69, 9.17) is 0 Å². The number of halogens is 1. The van der Waals surface area contributed by atoms with Crippen LogP contribution >= 0.6 is 24.0 Å². The maximum atomic E-state index is 11.3. The van der Waals surface area contributed by atoms with Gasteiger partial charge in [-0.15, -0.1) is 30.6 Å². The van der Waals surface area contributed by atoms with Gasteiger partial charge in [0.1, 0.15) is 0 Å². The first kappa shape index (κ1) is 23.9. The third kappa shape index (κ3) is 12.2. The van der Waals surface area contributed by atoms with Crippen LogP contribution in [0, 0.1) is 0 Å². The van der Waals surface area contributed by atoms with Crippen LogP contribution in [0.3, 0.4) is 0 Å². The molecule has 0 saturated carbocycles. The fraction of sp³-hybridized carbons (Fsp3) is 0.786. The zero-order chi connectivity index (χ0) is 16.1. The van der Waals surface area contributed by atoms with Gasteiger partial charge in [0.25, 0.3) is 0 Å². The van der Waals surface area contributed by atoms with Crippen LogP contribution < -0.4 is 10.0 Å². The van der Waals surface area contributed by atoms with Gasteiger partial charge in [-0.25, -0.2) is 13.1 Å². The van der Waals surface area contributed by atoms with Crippen molar-refractivity contribution in [1.82, 2.24) is 14.9 Å². The predicted octanol–water partition coefficient (Wildman–Crippen LogP) is 1.80. The molecule has 0 aromatic rings. The molecular weight excluding hydrogens is 415 g/mol. The third-order valence-corrected chi connectivity index (χ3v) is 4.49. The summed E-state index contributed by atoms with van der Waals surface area (Å²) < 4.78 is 25.1. The summed E-state index contributed by atoms with van der Waals surface area (Å²) in [6.45, 7) is 7.14. The van der Waals surface area contributed by atoms with Gasteiger partial charge in [0, 0.05) is 33.7 Å². The Labute approximate surface area is 152 Å². The number of unbranched alkanes of at least 4 members (excludes halogenated alkanes) is 3. The Bertz CT molecular complexity index is 413. The molecule has 8 heteroatoms. The molecule has 0 unspecified atom stereocenters. The van der Waals surface area contributed by atoms with E-state index in [2.05, 4.69) is 26.5 Å². The summed E-state index contributed by atoms with van der Waals surface area (Å²) in [5, 5.41) is 3.15. The van der Waals surface area contributed by atoms with Crippen LogP contribution in [0.5, 0.6) is 0 Å². The highest BCUT2D eigenvalue weighted by Gasteiger charge is 2.07. The molecule has 0 rings (SSSR count). The van der Waals surface area contributed by atoms with Crippen molar-refractivity contribution in [2.24, 2.45) is 4.99 Å². The van der Waals surface area contributed by atoms with Gasteiger partial charge in [0.05, 0.1) is 5.75 Å². The number of hydrogen-bond acceptors (Lipinski definition) is 3. The maximum absolute atomic E-state index is 11.3. The smallest absolute Gasteiger partial charge is 0.211 e. The Morgan fingerprint density at radius 3 is 2.50 bits per heavy atom. The SMILES string of the molecule is C=CCCCCCN(C)C(=NC)NCCNS(=O)(=O)CC.I. The van der Waals surface area contributed by atoms with Gasteiger partial charge in [-0.1, -0.05) is 12.5 Å². The second-order valence-corrected chi connectivity index (χ2v) is 6.93. The number of nitrogens with zero attached hydrogens (tertiary/aromatic N) is 2. The Hall–Kier alpha value is -0.350. The van der Waals surface area contributed by atoms with Gasteiger partial charge in [-0.2, -0.15) is 0 Å². The fourth-order valence-corrected chi connectivity index (χ4v) is 2.41. The van der Waals surface area contributed by atoms with Crippen LogP contribution in [0.15, 0.2) is 17.6 Å². The first-order valence-corrected chi connectivity index (χ1v) is 9.12. The average molecular weight is 446 g/mol. The highest BCUT2D eigenvalue weighted by molar-refractivity contribution is 14.0. The van der Waals surface area contributed by atoms with Crippen LogP contribution in [0.1, 0.15) is 32.6 Å². The normalized spacial score (nSPS) is 11.7. The van der Waals surface area contributed by atoms with E-state index in [0.29, 0.717) is 13.1 Å². The van der Waals surface area contributed by atoms with Crippen molar-refractivity contribution in [1.29, 1.82) is 0 Å². The lowest BCUT2D eigenvalue weighted by molar-refractivity contribution is 0.455. The van der Waals surface area contributed by atoms with Gasteiger partial charge in [-0.3, -0.25) is 4.99 Å². The molecule has 0 spiro atoms. The lowest BCUT2D eigenvalue weighted by Gasteiger charge is -2.22. The zero-order valence-electron chi connectivity index (χ0n) is 14.0. The van der Waals surface area contributed by atoms with E-state index in [1.807, 2.05) is 13.1 Å². The molecule has 0 aliphatic carbocycles. The van der Waals surface area contributed by atoms with Gasteiger partial charge in [0.2, 0.25) is 10.0 Å². The molecule has 0 radical (unpaired) electrons. The van der Waals surface area contributed by atoms with Gasteiger partial charge in [-0.05, 0) is 26.2 Å². The fourth-order valence-electron chi connectivity index (χ4n) is 1.79. The monoisotopic (exact) mass is 446 g/mol. The molecule has 0 atom stereocenters. The number of hydrogen-bond donors (Lipinski definition) is 2. The molecule has 0 aromatic heterocycles. The summed E-state index contributed by atoms with van der Waals surface area (Å²) in [6, 6.07) is 0. The highest BCUT2D eigenvalue weighted by atomic mass is 127. The third-order valence-electron chi connectivity index (χ3n) is 3.09. The van der Waals surface area contributed by atoms with Crippen molar-refractivity contribution in [2.45, 2.75) is 32.6 Å². The highest BCUT2D eigenvalue weighted by Crippen LogP contribution is 2.01. The lowest BCUT2D eigenvalue weighted by Crippen LogP contribution is -2.43.